The number of aryl methyl sites for hydroxylation is 3. The Morgan fingerprint density at radius 2 is 1.71 bits per heavy atom. The lowest BCUT2D eigenvalue weighted by Gasteiger charge is -2.33. The Morgan fingerprint density at radius 1 is 1.07 bits per heavy atom. The number of hydrogen-bond acceptors (Lipinski definition) is 5. The molecule has 1 aliphatic heterocycles. The molecule has 144 valence electrons. The molecule has 0 saturated carbocycles. The zero-order chi connectivity index (χ0) is 19.7. The summed E-state index contributed by atoms with van der Waals surface area (Å²) in [6.45, 7) is 6.13. The average Bonchev–Trinajstić information content (AvgIpc) is 3.11. The molecule has 0 unspecified atom stereocenters. The summed E-state index contributed by atoms with van der Waals surface area (Å²) in [5, 5.41) is 11.9. The summed E-state index contributed by atoms with van der Waals surface area (Å²) in [6, 6.07) is 15.9. The Labute approximate surface area is 168 Å². The highest BCUT2D eigenvalue weighted by molar-refractivity contribution is 8.00. The molecule has 0 radical (unpaired) electrons. The third kappa shape index (κ3) is 3.62. The number of hydrogen-bond donors (Lipinski definition) is 2. The molecule has 3 aromatic rings. The van der Waals surface area contributed by atoms with E-state index in [1.807, 2.05) is 42.8 Å². The second-order valence-corrected chi connectivity index (χ2v) is 8.11. The Bertz CT molecular complexity index is 981. The lowest BCUT2D eigenvalue weighted by Crippen LogP contribution is -2.41. The predicted octanol–water partition coefficient (Wildman–Crippen LogP) is 3.86. The standard InChI is InChI=1S/C21H23N5OS/c1-4-17-23-24-21-26(17)25-18(15-9-5-13(2)6-10-15)19(28-21)20(27)22-16-11-7-14(3)8-12-16/h5-12,18-19,25H,4H2,1-3H3,(H,22,27)/t18-,19-/m0/s1. The summed E-state index contributed by atoms with van der Waals surface area (Å²) in [7, 11) is 0. The number of thioether (sulfide) groups is 1. The number of amides is 1. The van der Waals surface area contributed by atoms with E-state index in [-0.39, 0.29) is 17.2 Å². The van der Waals surface area contributed by atoms with Crippen molar-refractivity contribution in [2.24, 2.45) is 0 Å². The maximum absolute atomic E-state index is 13.2. The lowest BCUT2D eigenvalue weighted by atomic mass is 10.0. The molecule has 1 aromatic heterocycles. The van der Waals surface area contributed by atoms with E-state index in [0.717, 1.165) is 29.1 Å². The van der Waals surface area contributed by atoms with Crippen LogP contribution in [0.15, 0.2) is 53.7 Å². The van der Waals surface area contributed by atoms with Crippen molar-refractivity contribution in [3.8, 4) is 0 Å². The summed E-state index contributed by atoms with van der Waals surface area (Å²) in [5.41, 5.74) is 7.66. The third-order valence-electron chi connectivity index (χ3n) is 4.83. The molecule has 2 aromatic carbocycles. The van der Waals surface area contributed by atoms with Gasteiger partial charge in [0.2, 0.25) is 11.1 Å². The number of anilines is 1. The Balaban J connectivity index is 1.66. The van der Waals surface area contributed by atoms with Crippen molar-refractivity contribution < 1.29 is 4.79 Å². The molecular weight excluding hydrogens is 370 g/mol. The van der Waals surface area contributed by atoms with Crippen molar-refractivity contribution in [3.63, 3.8) is 0 Å². The van der Waals surface area contributed by atoms with Crippen LogP contribution in [0.4, 0.5) is 5.69 Å². The first-order chi connectivity index (χ1) is 13.5. The van der Waals surface area contributed by atoms with Crippen molar-refractivity contribution in [2.75, 3.05) is 10.7 Å². The van der Waals surface area contributed by atoms with Gasteiger partial charge >= 0.3 is 0 Å². The van der Waals surface area contributed by atoms with Crippen molar-refractivity contribution in [1.82, 2.24) is 14.9 Å². The van der Waals surface area contributed by atoms with Crippen LogP contribution in [-0.2, 0) is 11.2 Å². The zero-order valence-electron chi connectivity index (χ0n) is 16.1. The van der Waals surface area contributed by atoms with Crippen LogP contribution in [-0.4, -0.2) is 26.0 Å². The van der Waals surface area contributed by atoms with Gasteiger partial charge < -0.3 is 10.7 Å². The SMILES string of the molecule is CCc1nnc2n1N[C@@H](c1ccc(C)cc1)[C@@H](C(=O)Nc1ccc(C)cc1)S2. The summed E-state index contributed by atoms with van der Waals surface area (Å²) >= 11 is 1.45. The van der Waals surface area contributed by atoms with E-state index < -0.39 is 0 Å². The van der Waals surface area contributed by atoms with E-state index in [1.165, 1.54) is 17.3 Å². The van der Waals surface area contributed by atoms with Gasteiger partial charge in [0.1, 0.15) is 5.25 Å². The number of rotatable bonds is 4. The van der Waals surface area contributed by atoms with Gasteiger partial charge in [-0.3, -0.25) is 4.79 Å². The van der Waals surface area contributed by atoms with Crippen LogP contribution in [0.2, 0.25) is 0 Å². The van der Waals surface area contributed by atoms with Crippen LogP contribution >= 0.6 is 11.8 Å². The highest BCUT2D eigenvalue weighted by atomic mass is 32.2. The van der Waals surface area contributed by atoms with Crippen molar-refractivity contribution >= 4 is 23.4 Å². The van der Waals surface area contributed by atoms with Crippen LogP contribution in [0.1, 0.15) is 35.5 Å². The number of nitrogens with one attached hydrogen (secondary N) is 2. The minimum atomic E-state index is -0.370. The first-order valence-corrected chi connectivity index (χ1v) is 10.2. The molecule has 0 bridgehead atoms. The van der Waals surface area contributed by atoms with Gasteiger partial charge in [0.15, 0.2) is 5.82 Å². The first-order valence-electron chi connectivity index (χ1n) is 9.36. The van der Waals surface area contributed by atoms with E-state index >= 15 is 0 Å². The van der Waals surface area contributed by atoms with Gasteiger partial charge in [-0.2, -0.15) is 0 Å². The number of nitrogens with zero attached hydrogens (tertiary/aromatic N) is 3. The molecule has 0 aliphatic carbocycles. The largest absolute Gasteiger partial charge is 0.325 e. The highest BCUT2D eigenvalue weighted by Crippen LogP contribution is 2.37. The zero-order valence-corrected chi connectivity index (χ0v) is 17.0. The van der Waals surface area contributed by atoms with E-state index in [0.29, 0.717) is 5.16 Å². The predicted molar refractivity (Wildman–Crippen MR) is 112 cm³/mol. The molecule has 0 fully saturated rings. The maximum Gasteiger partial charge on any atom is 0.240 e. The van der Waals surface area contributed by atoms with Gasteiger partial charge in [0.05, 0.1) is 6.04 Å². The quantitative estimate of drug-likeness (QED) is 0.704. The topological polar surface area (TPSA) is 71.8 Å². The smallest absolute Gasteiger partial charge is 0.240 e. The monoisotopic (exact) mass is 393 g/mol. The van der Waals surface area contributed by atoms with Crippen LogP contribution in [0, 0.1) is 13.8 Å². The van der Waals surface area contributed by atoms with E-state index in [2.05, 4.69) is 52.1 Å². The molecule has 1 aliphatic rings. The second kappa shape index (κ2) is 7.67. The summed E-state index contributed by atoms with van der Waals surface area (Å²) in [4.78, 5) is 13.2. The number of aromatic nitrogens is 3. The average molecular weight is 394 g/mol. The van der Waals surface area contributed by atoms with Gasteiger partial charge in [0, 0.05) is 12.1 Å². The van der Waals surface area contributed by atoms with Crippen molar-refractivity contribution in [1.29, 1.82) is 0 Å². The normalized spacial score (nSPS) is 18.2. The molecule has 4 rings (SSSR count). The van der Waals surface area contributed by atoms with Gasteiger partial charge in [-0.05, 0) is 31.5 Å². The molecule has 2 atom stereocenters. The fraction of sp³-hybridized carbons (Fsp3) is 0.286. The summed E-state index contributed by atoms with van der Waals surface area (Å²) in [6.07, 6.45) is 0.765. The van der Waals surface area contributed by atoms with Crippen LogP contribution < -0.4 is 10.7 Å². The van der Waals surface area contributed by atoms with Crippen LogP contribution in [0.3, 0.4) is 0 Å². The molecule has 7 heteroatoms. The summed E-state index contributed by atoms with van der Waals surface area (Å²) in [5.74, 6) is 0.802. The highest BCUT2D eigenvalue weighted by Gasteiger charge is 2.37. The number of fused-ring (bicyclic) bond motifs is 1. The van der Waals surface area contributed by atoms with E-state index in [9.17, 15) is 4.79 Å². The fourth-order valence-electron chi connectivity index (χ4n) is 3.20. The van der Waals surface area contributed by atoms with Crippen LogP contribution in [0.25, 0.3) is 0 Å². The summed E-state index contributed by atoms with van der Waals surface area (Å²) < 4.78 is 1.91. The first kappa shape index (κ1) is 18.6. The van der Waals surface area contributed by atoms with Gasteiger partial charge in [-0.15, -0.1) is 10.2 Å². The molecule has 2 N–H and O–H groups in total. The molecule has 6 nitrogen and oxygen atoms in total. The minimum Gasteiger partial charge on any atom is -0.325 e. The minimum absolute atomic E-state index is 0.0563. The number of benzene rings is 2. The van der Waals surface area contributed by atoms with Crippen molar-refractivity contribution in [2.45, 2.75) is 43.6 Å². The molecule has 0 spiro atoms. The number of carbonyl (C=O) groups excluding carboxylic acids is 1. The van der Waals surface area contributed by atoms with Crippen molar-refractivity contribution in [3.05, 3.63) is 71.0 Å². The Kier molecular flexibility index (Phi) is 5.09. The van der Waals surface area contributed by atoms with Gasteiger partial charge in [0.25, 0.3) is 0 Å². The molecule has 28 heavy (non-hydrogen) atoms. The van der Waals surface area contributed by atoms with Crippen LogP contribution in [0.5, 0.6) is 0 Å². The second-order valence-electron chi connectivity index (χ2n) is 7.00. The molecular formula is C21H23N5OS. The number of carbonyl (C=O) groups is 1. The molecule has 1 amide bonds. The van der Waals surface area contributed by atoms with E-state index in [4.69, 9.17) is 0 Å². The third-order valence-corrected chi connectivity index (χ3v) is 6.05. The molecule has 0 saturated heterocycles. The lowest BCUT2D eigenvalue weighted by molar-refractivity contribution is -0.116. The molecule has 2 heterocycles. The Hall–Kier alpha value is -2.80. The van der Waals surface area contributed by atoms with E-state index in [1.54, 1.807) is 0 Å². The van der Waals surface area contributed by atoms with Gasteiger partial charge in [-0.25, -0.2) is 4.68 Å². The maximum atomic E-state index is 13.2. The van der Waals surface area contributed by atoms with Gasteiger partial charge in [-0.1, -0.05) is 66.2 Å². The Morgan fingerprint density at radius 3 is 2.36 bits per heavy atom. The fourth-order valence-corrected chi connectivity index (χ4v) is 4.30.